The second kappa shape index (κ2) is 5.13. The molecule has 1 saturated heterocycles. The molecule has 2 rings (SSSR count). The van der Waals surface area contributed by atoms with Gasteiger partial charge in [0.15, 0.2) is 6.20 Å². The van der Waals surface area contributed by atoms with Gasteiger partial charge in [0, 0.05) is 19.2 Å². The van der Waals surface area contributed by atoms with Gasteiger partial charge in [-0.05, 0) is 22.4 Å². The van der Waals surface area contributed by atoms with Crippen molar-refractivity contribution in [2.45, 2.75) is 11.3 Å². The summed E-state index contributed by atoms with van der Waals surface area (Å²) in [5.74, 6) is -2.21. The summed E-state index contributed by atoms with van der Waals surface area (Å²) in [4.78, 5) is 23.8. The number of hydrogen-bond donors (Lipinski definition) is 1. The normalized spacial score (nSPS) is 19.9. The zero-order chi connectivity index (χ0) is 14.9. The highest BCUT2D eigenvalue weighted by molar-refractivity contribution is 7.89. The number of hydrogen-bond acceptors (Lipinski definition) is 6. The molecule has 0 aromatic carbocycles. The third kappa shape index (κ3) is 2.60. The van der Waals surface area contributed by atoms with E-state index in [0.29, 0.717) is 0 Å². The van der Waals surface area contributed by atoms with Gasteiger partial charge in [0.1, 0.15) is 4.90 Å². The molecule has 1 aliphatic rings. The molecular formula is C10H11N3O6S. The summed E-state index contributed by atoms with van der Waals surface area (Å²) in [6.07, 6.45) is 1.15. The monoisotopic (exact) mass is 301 g/mol. The fraction of sp³-hybridized carbons (Fsp3) is 0.400. The van der Waals surface area contributed by atoms with Crippen LogP contribution in [0, 0.1) is 16.0 Å². The summed E-state index contributed by atoms with van der Waals surface area (Å²) in [6, 6.07) is 2.09. The van der Waals surface area contributed by atoms with Gasteiger partial charge in [-0.2, -0.15) is 4.31 Å². The first-order valence-corrected chi connectivity index (χ1v) is 7.10. The van der Waals surface area contributed by atoms with E-state index in [4.69, 9.17) is 5.11 Å². The third-order valence-corrected chi connectivity index (χ3v) is 4.89. The van der Waals surface area contributed by atoms with Crippen LogP contribution in [0.3, 0.4) is 0 Å². The smallest absolute Gasteiger partial charge is 0.363 e. The van der Waals surface area contributed by atoms with E-state index in [9.17, 15) is 23.3 Å². The van der Waals surface area contributed by atoms with E-state index in [1.807, 2.05) is 0 Å². The first kappa shape index (κ1) is 14.3. The Labute approximate surface area is 114 Å². The van der Waals surface area contributed by atoms with Crippen LogP contribution in [0.1, 0.15) is 6.42 Å². The Kier molecular flexibility index (Phi) is 3.68. The Balaban J connectivity index is 2.23. The van der Waals surface area contributed by atoms with Crippen molar-refractivity contribution in [3.63, 3.8) is 0 Å². The van der Waals surface area contributed by atoms with Gasteiger partial charge < -0.3 is 15.2 Å². The van der Waals surface area contributed by atoms with Crippen molar-refractivity contribution in [3.05, 3.63) is 28.4 Å². The third-order valence-electron chi connectivity index (χ3n) is 3.05. The molecule has 10 heteroatoms. The van der Waals surface area contributed by atoms with Crippen molar-refractivity contribution in [3.8, 4) is 0 Å². The highest BCUT2D eigenvalue weighted by Gasteiger charge is 2.36. The molecule has 1 aliphatic heterocycles. The molecule has 1 aromatic rings. The van der Waals surface area contributed by atoms with Crippen molar-refractivity contribution < 1.29 is 23.2 Å². The summed E-state index contributed by atoms with van der Waals surface area (Å²) in [5.41, 5.74) is 0. The lowest BCUT2D eigenvalue weighted by Crippen LogP contribution is -2.30. The zero-order valence-corrected chi connectivity index (χ0v) is 11.0. The Morgan fingerprint density at radius 2 is 2.20 bits per heavy atom. The molecule has 0 spiro atoms. The zero-order valence-electron chi connectivity index (χ0n) is 10.2. The highest BCUT2D eigenvalue weighted by atomic mass is 32.2. The number of aromatic nitrogens is 1. The van der Waals surface area contributed by atoms with Crippen molar-refractivity contribution in [1.82, 2.24) is 9.29 Å². The molecule has 2 heterocycles. The SMILES string of the molecule is O=C(O)C1CCN(S(=O)(=O)c2ccc([N+](=O)[O-])nc2)C1. The fourth-order valence-corrected chi connectivity index (χ4v) is 3.38. The molecule has 9 nitrogen and oxygen atoms in total. The molecule has 1 atom stereocenters. The summed E-state index contributed by atoms with van der Waals surface area (Å²) in [7, 11) is -3.86. The topological polar surface area (TPSA) is 131 Å². The second-order valence-electron chi connectivity index (χ2n) is 4.30. The Morgan fingerprint density at radius 1 is 1.50 bits per heavy atom. The summed E-state index contributed by atoms with van der Waals surface area (Å²) >= 11 is 0. The van der Waals surface area contributed by atoms with Gasteiger partial charge in [0.05, 0.1) is 5.92 Å². The first-order chi connectivity index (χ1) is 9.32. The first-order valence-electron chi connectivity index (χ1n) is 5.66. The Bertz CT molecular complexity index is 641. The molecule has 1 aromatic heterocycles. The average Bonchev–Trinajstić information content (AvgIpc) is 2.89. The summed E-state index contributed by atoms with van der Waals surface area (Å²) < 4.78 is 25.5. The number of carbonyl (C=O) groups is 1. The molecule has 0 radical (unpaired) electrons. The summed E-state index contributed by atoms with van der Waals surface area (Å²) in [5, 5.41) is 19.3. The van der Waals surface area contributed by atoms with Gasteiger partial charge in [-0.1, -0.05) is 0 Å². The van der Waals surface area contributed by atoms with E-state index in [-0.39, 0.29) is 24.4 Å². The minimum Gasteiger partial charge on any atom is -0.481 e. The molecular weight excluding hydrogens is 290 g/mol. The molecule has 0 aliphatic carbocycles. The average molecular weight is 301 g/mol. The van der Waals surface area contributed by atoms with E-state index in [1.54, 1.807) is 0 Å². The van der Waals surface area contributed by atoms with E-state index >= 15 is 0 Å². The van der Waals surface area contributed by atoms with E-state index in [2.05, 4.69) is 4.98 Å². The van der Waals surface area contributed by atoms with Crippen molar-refractivity contribution in [2.24, 2.45) is 5.92 Å². The predicted molar refractivity (Wildman–Crippen MR) is 65.4 cm³/mol. The lowest BCUT2D eigenvalue weighted by atomic mass is 10.1. The Morgan fingerprint density at radius 3 is 2.65 bits per heavy atom. The standard InChI is InChI=1S/C10H11N3O6S/c14-10(15)7-3-4-12(6-7)20(18,19)8-1-2-9(11-5-8)13(16)17/h1-2,5,7H,3-4,6H2,(H,14,15). The fourth-order valence-electron chi connectivity index (χ4n) is 1.93. The van der Waals surface area contributed by atoms with Crippen LogP contribution in [-0.2, 0) is 14.8 Å². The van der Waals surface area contributed by atoms with Crippen molar-refractivity contribution >= 4 is 21.8 Å². The maximum Gasteiger partial charge on any atom is 0.363 e. The van der Waals surface area contributed by atoms with Crippen LogP contribution >= 0.6 is 0 Å². The van der Waals surface area contributed by atoms with Crippen LogP contribution < -0.4 is 0 Å². The van der Waals surface area contributed by atoms with Crippen LogP contribution in [0.25, 0.3) is 0 Å². The molecule has 1 N–H and O–H groups in total. The second-order valence-corrected chi connectivity index (χ2v) is 6.23. The number of aliphatic carboxylic acids is 1. The van der Waals surface area contributed by atoms with Gasteiger partial charge in [0.25, 0.3) is 0 Å². The van der Waals surface area contributed by atoms with Gasteiger partial charge >= 0.3 is 11.8 Å². The largest absolute Gasteiger partial charge is 0.481 e. The maximum absolute atomic E-state index is 12.2. The minimum absolute atomic E-state index is 0.103. The number of carboxylic acids is 1. The molecule has 0 amide bonds. The molecule has 0 saturated carbocycles. The number of pyridine rings is 1. The quantitative estimate of drug-likeness (QED) is 0.615. The van der Waals surface area contributed by atoms with E-state index in [1.165, 1.54) is 0 Å². The highest BCUT2D eigenvalue weighted by Crippen LogP contribution is 2.24. The number of carboxylic acid groups (broad SMARTS) is 1. The van der Waals surface area contributed by atoms with Crippen LogP contribution in [0.5, 0.6) is 0 Å². The van der Waals surface area contributed by atoms with Crippen molar-refractivity contribution in [1.29, 1.82) is 0 Å². The number of sulfonamides is 1. The van der Waals surface area contributed by atoms with E-state index in [0.717, 1.165) is 22.6 Å². The summed E-state index contributed by atoms with van der Waals surface area (Å²) in [6.45, 7) is 0.00490. The number of rotatable bonds is 4. The molecule has 1 fully saturated rings. The molecule has 20 heavy (non-hydrogen) atoms. The predicted octanol–water partition coefficient (Wildman–Crippen LogP) is 0.0850. The molecule has 1 unspecified atom stereocenters. The van der Waals surface area contributed by atoms with Crippen LogP contribution in [-0.4, -0.2) is 46.8 Å². The van der Waals surface area contributed by atoms with Crippen molar-refractivity contribution in [2.75, 3.05) is 13.1 Å². The lowest BCUT2D eigenvalue weighted by Gasteiger charge is -2.14. The minimum atomic E-state index is -3.86. The molecule has 108 valence electrons. The maximum atomic E-state index is 12.2. The van der Waals surface area contributed by atoms with E-state index < -0.39 is 32.7 Å². The van der Waals surface area contributed by atoms with Crippen LogP contribution in [0.4, 0.5) is 5.82 Å². The molecule has 0 bridgehead atoms. The van der Waals surface area contributed by atoms with Gasteiger partial charge in [-0.15, -0.1) is 0 Å². The van der Waals surface area contributed by atoms with Crippen LogP contribution in [0.15, 0.2) is 23.2 Å². The number of nitrogens with zero attached hydrogens (tertiary/aromatic N) is 3. The Hall–Kier alpha value is -2.07. The van der Waals surface area contributed by atoms with Gasteiger partial charge in [-0.3, -0.25) is 4.79 Å². The number of nitro groups is 1. The lowest BCUT2D eigenvalue weighted by molar-refractivity contribution is -0.389. The van der Waals surface area contributed by atoms with Crippen LogP contribution in [0.2, 0.25) is 0 Å². The van der Waals surface area contributed by atoms with Gasteiger partial charge in [-0.25, -0.2) is 8.42 Å². The van der Waals surface area contributed by atoms with Gasteiger partial charge in [0.2, 0.25) is 10.0 Å².